The zero-order valence-electron chi connectivity index (χ0n) is 7.66. The highest BCUT2D eigenvalue weighted by Crippen LogP contribution is 2.23. The molecule has 0 aliphatic carbocycles. The monoisotopic (exact) mass is 210 g/mol. The van der Waals surface area contributed by atoms with Crippen molar-refractivity contribution < 1.29 is 4.39 Å². The Bertz CT molecular complexity index is 439. The minimum Gasteiger partial charge on any atom is -0.330 e. The van der Waals surface area contributed by atoms with E-state index >= 15 is 0 Å². The number of aromatic nitrogens is 1. The van der Waals surface area contributed by atoms with E-state index in [1.807, 2.05) is 0 Å². The fourth-order valence-corrected chi connectivity index (χ4v) is 2.30. The molecule has 0 saturated heterocycles. The number of hydrogen-bond acceptors (Lipinski definition) is 3. The van der Waals surface area contributed by atoms with Gasteiger partial charge in [0.15, 0.2) is 0 Å². The number of hydrogen-bond donors (Lipinski definition) is 1. The van der Waals surface area contributed by atoms with Crippen molar-refractivity contribution in [2.75, 3.05) is 6.54 Å². The summed E-state index contributed by atoms with van der Waals surface area (Å²) in [6, 6.07) is 4.71. The molecule has 2 nitrogen and oxygen atoms in total. The second kappa shape index (κ2) is 4.02. The van der Waals surface area contributed by atoms with Crippen LogP contribution in [0.4, 0.5) is 4.39 Å². The normalized spacial score (nSPS) is 11.0. The number of nitrogens with zero attached hydrogens (tertiary/aromatic N) is 1. The van der Waals surface area contributed by atoms with E-state index in [9.17, 15) is 4.39 Å². The summed E-state index contributed by atoms with van der Waals surface area (Å²) in [5.41, 5.74) is 6.16. The zero-order valence-corrected chi connectivity index (χ0v) is 8.48. The van der Waals surface area contributed by atoms with Gasteiger partial charge in [0, 0.05) is 12.5 Å². The number of halogens is 1. The molecular weight excluding hydrogens is 199 g/mol. The van der Waals surface area contributed by atoms with Crippen LogP contribution >= 0.6 is 11.3 Å². The molecule has 0 spiro atoms. The lowest BCUT2D eigenvalue weighted by molar-refractivity contribution is 0.629. The van der Waals surface area contributed by atoms with Crippen LogP contribution in [0.2, 0.25) is 0 Å². The zero-order chi connectivity index (χ0) is 9.97. The summed E-state index contributed by atoms with van der Waals surface area (Å²) < 4.78 is 13.9. The van der Waals surface area contributed by atoms with E-state index in [1.54, 1.807) is 17.4 Å². The molecule has 1 aromatic carbocycles. The second-order valence-electron chi connectivity index (χ2n) is 3.11. The Balaban J connectivity index is 2.32. The first-order chi connectivity index (χ1) is 6.79. The minimum absolute atomic E-state index is 0.229. The number of nitrogens with two attached hydrogens (primary N) is 1. The third-order valence-corrected chi connectivity index (χ3v) is 3.08. The van der Waals surface area contributed by atoms with Gasteiger partial charge in [0.1, 0.15) is 5.82 Å². The van der Waals surface area contributed by atoms with Gasteiger partial charge in [-0.25, -0.2) is 9.37 Å². The van der Waals surface area contributed by atoms with Gasteiger partial charge < -0.3 is 5.73 Å². The summed E-state index contributed by atoms with van der Waals surface area (Å²) in [4.78, 5) is 4.33. The second-order valence-corrected chi connectivity index (χ2v) is 4.23. The van der Waals surface area contributed by atoms with Gasteiger partial charge in [-0.1, -0.05) is 0 Å². The molecule has 2 aromatic rings. The molecule has 0 saturated carbocycles. The van der Waals surface area contributed by atoms with E-state index in [0.717, 1.165) is 28.1 Å². The topological polar surface area (TPSA) is 38.9 Å². The number of fused-ring (bicyclic) bond motifs is 1. The molecule has 0 atom stereocenters. The Morgan fingerprint density at radius 1 is 1.43 bits per heavy atom. The molecule has 0 amide bonds. The summed E-state index contributed by atoms with van der Waals surface area (Å²) in [7, 11) is 0. The van der Waals surface area contributed by atoms with Crippen LogP contribution < -0.4 is 5.73 Å². The first kappa shape index (κ1) is 9.55. The fraction of sp³-hybridized carbons (Fsp3) is 0.300. The van der Waals surface area contributed by atoms with Crippen LogP contribution in [0.3, 0.4) is 0 Å². The van der Waals surface area contributed by atoms with Gasteiger partial charge in [-0.3, -0.25) is 0 Å². The van der Waals surface area contributed by atoms with Gasteiger partial charge in [0.2, 0.25) is 0 Å². The van der Waals surface area contributed by atoms with Gasteiger partial charge in [0.25, 0.3) is 0 Å². The number of benzene rings is 1. The predicted octanol–water partition coefficient (Wildman–Crippen LogP) is 2.33. The Kier molecular flexibility index (Phi) is 2.74. The van der Waals surface area contributed by atoms with Crippen molar-refractivity contribution in [3.05, 3.63) is 29.0 Å². The highest BCUT2D eigenvalue weighted by Gasteiger charge is 2.03. The van der Waals surface area contributed by atoms with Gasteiger partial charge in [-0.05, 0) is 25.1 Å². The Morgan fingerprint density at radius 3 is 3.07 bits per heavy atom. The van der Waals surface area contributed by atoms with Gasteiger partial charge >= 0.3 is 0 Å². The van der Waals surface area contributed by atoms with Crippen LogP contribution in [-0.4, -0.2) is 11.5 Å². The van der Waals surface area contributed by atoms with E-state index in [0.29, 0.717) is 6.54 Å². The Labute approximate surface area is 85.6 Å². The van der Waals surface area contributed by atoms with Crippen molar-refractivity contribution >= 4 is 21.6 Å². The van der Waals surface area contributed by atoms with Crippen molar-refractivity contribution in [1.82, 2.24) is 4.98 Å². The number of thiazole rings is 1. The van der Waals surface area contributed by atoms with E-state index in [1.165, 1.54) is 12.1 Å². The Hall–Kier alpha value is -1.00. The third kappa shape index (κ3) is 1.91. The van der Waals surface area contributed by atoms with Crippen molar-refractivity contribution in [2.24, 2.45) is 5.73 Å². The molecule has 0 radical (unpaired) electrons. The van der Waals surface area contributed by atoms with Crippen molar-refractivity contribution in [3.8, 4) is 0 Å². The predicted molar refractivity (Wildman–Crippen MR) is 57.0 cm³/mol. The molecule has 2 N–H and O–H groups in total. The maximum atomic E-state index is 12.8. The molecule has 0 aliphatic heterocycles. The van der Waals surface area contributed by atoms with Crippen molar-refractivity contribution in [2.45, 2.75) is 12.8 Å². The Morgan fingerprint density at radius 2 is 2.29 bits per heavy atom. The van der Waals surface area contributed by atoms with Crippen LogP contribution in [0.15, 0.2) is 18.2 Å². The van der Waals surface area contributed by atoms with Gasteiger partial charge in [-0.15, -0.1) is 11.3 Å². The molecule has 74 valence electrons. The minimum atomic E-state index is -0.229. The molecule has 0 aliphatic rings. The summed E-state index contributed by atoms with van der Waals surface area (Å²) in [6.07, 6.45) is 1.82. The summed E-state index contributed by atoms with van der Waals surface area (Å²) in [5.74, 6) is -0.229. The molecular formula is C10H11FN2S. The average molecular weight is 210 g/mol. The van der Waals surface area contributed by atoms with E-state index < -0.39 is 0 Å². The lowest BCUT2D eigenvalue weighted by Gasteiger charge is -1.89. The lowest BCUT2D eigenvalue weighted by Crippen LogP contribution is -1.99. The number of aryl methyl sites for hydroxylation is 1. The molecule has 4 heteroatoms. The van der Waals surface area contributed by atoms with Crippen LogP contribution in [-0.2, 0) is 6.42 Å². The first-order valence-electron chi connectivity index (χ1n) is 4.54. The molecule has 2 rings (SSSR count). The van der Waals surface area contributed by atoms with E-state index in [-0.39, 0.29) is 5.82 Å². The smallest absolute Gasteiger partial charge is 0.125 e. The van der Waals surface area contributed by atoms with Crippen LogP contribution in [0.1, 0.15) is 11.4 Å². The van der Waals surface area contributed by atoms with Crippen molar-refractivity contribution in [3.63, 3.8) is 0 Å². The molecule has 1 heterocycles. The summed E-state index contributed by atoms with van der Waals surface area (Å²) in [6.45, 7) is 0.671. The lowest BCUT2D eigenvalue weighted by atomic mass is 10.3. The first-order valence-corrected chi connectivity index (χ1v) is 5.36. The van der Waals surface area contributed by atoms with Gasteiger partial charge in [-0.2, -0.15) is 0 Å². The largest absolute Gasteiger partial charge is 0.330 e. The molecule has 0 unspecified atom stereocenters. The van der Waals surface area contributed by atoms with Crippen LogP contribution in [0.25, 0.3) is 10.2 Å². The van der Waals surface area contributed by atoms with Crippen molar-refractivity contribution in [1.29, 1.82) is 0 Å². The molecule has 0 bridgehead atoms. The number of rotatable bonds is 3. The van der Waals surface area contributed by atoms with E-state index in [4.69, 9.17) is 5.73 Å². The standard InChI is InChI=1S/C10H11FN2S/c11-7-3-4-9-8(6-7)13-10(14-9)2-1-5-12/h3-4,6H,1-2,5,12H2. The third-order valence-electron chi connectivity index (χ3n) is 1.99. The average Bonchev–Trinajstić information content (AvgIpc) is 2.56. The summed E-state index contributed by atoms with van der Waals surface area (Å²) >= 11 is 1.61. The maximum absolute atomic E-state index is 12.8. The SMILES string of the molecule is NCCCc1nc2cc(F)ccc2s1. The maximum Gasteiger partial charge on any atom is 0.125 e. The van der Waals surface area contributed by atoms with E-state index in [2.05, 4.69) is 4.98 Å². The highest BCUT2D eigenvalue weighted by molar-refractivity contribution is 7.18. The molecule has 14 heavy (non-hydrogen) atoms. The van der Waals surface area contributed by atoms with Crippen LogP contribution in [0.5, 0.6) is 0 Å². The molecule has 0 fully saturated rings. The fourth-order valence-electron chi connectivity index (χ4n) is 1.31. The van der Waals surface area contributed by atoms with Crippen LogP contribution in [0, 0.1) is 5.82 Å². The molecule has 1 aromatic heterocycles. The summed E-state index contributed by atoms with van der Waals surface area (Å²) in [5, 5.41) is 1.04. The quantitative estimate of drug-likeness (QED) is 0.844. The van der Waals surface area contributed by atoms with Gasteiger partial charge in [0.05, 0.1) is 15.2 Å². The highest BCUT2D eigenvalue weighted by atomic mass is 32.1.